The molecule has 25 nitrogen and oxygen atoms in total. The predicted octanol–water partition coefficient (Wildman–Crippen LogP) is -0.828. The van der Waals surface area contributed by atoms with E-state index in [4.69, 9.17) is 34.4 Å². The number of nitrogens with zero attached hydrogens (tertiary/aromatic N) is 2. The highest BCUT2D eigenvalue weighted by molar-refractivity contribution is 5.99. The maximum atomic E-state index is 15.0. The lowest BCUT2D eigenvalue weighted by Crippen LogP contribution is -2.59. The third-order valence-electron chi connectivity index (χ3n) is 13.7. The number of carbonyl (C=O) groups excluding carboxylic acids is 10. The van der Waals surface area contributed by atoms with E-state index in [1.807, 2.05) is 24.3 Å². The van der Waals surface area contributed by atoms with E-state index < -0.39 is 114 Å². The molecule has 1 saturated heterocycles. The molecule has 0 saturated carbocycles. The van der Waals surface area contributed by atoms with Crippen molar-refractivity contribution in [3.63, 3.8) is 0 Å². The van der Waals surface area contributed by atoms with Crippen molar-refractivity contribution < 1.29 is 47.9 Å². The van der Waals surface area contributed by atoms with Crippen LogP contribution in [0, 0.1) is 11.8 Å². The maximum absolute atomic E-state index is 15.0. The van der Waals surface area contributed by atoms with E-state index >= 15 is 0 Å². The molecule has 81 heavy (non-hydrogen) atoms. The van der Waals surface area contributed by atoms with Crippen LogP contribution >= 0.6 is 0 Å². The highest BCUT2D eigenvalue weighted by atomic mass is 16.2. The minimum atomic E-state index is -1.68. The lowest BCUT2D eigenvalue weighted by atomic mass is 9.83. The first kappa shape index (κ1) is 62.7. The number of nitrogens with one attached hydrogen (secondary N) is 7. The van der Waals surface area contributed by atoms with E-state index in [0.717, 1.165) is 10.9 Å². The van der Waals surface area contributed by atoms with Gasteiger partial charge >= 0.3 is 0 Å². The van der Waals surface area contributed by atoms with E-state index in [2.05, 4.69) is 46.9 Å². The molecule has 4 aromatic rings. The second-order valence-corrected chi connectivity index (χ2v) is 20.1. The van der Waals surface area contributed by atoms with Gasteiger partial charge in [0.1, 0.15) is 30.0 Å². The Balaban J connectivity index is 1.59. The molecule has 0 spiro atoms. The molecule has 2 heterocycles. The van der Waals surface area contributed by atoms with Crippen LogP contribution < -0.4 is 66.3 Å². The van der Waals surface area contributed by atoms with Gasteiger partial charge in [-0.2, -0.15) is 0 Å². The normalized spacial score (nSPS) is 20.5. The Morgan fingerprint density at radius 3 is 1.95 bits per heavy atom. The zero-order valence-corrected chi connectivity index (χ0v) is 45.4. The van der Waals surface area contributed by atoms with Crippen LogP contribution in [0.4, 0.5) is 0 Å². The molecule has 3 aromatic carbocycles. The van der Waals surface area contributed by atoms with Crippen molar-refractivity contribution in [3.8, 4) is 0 Å². The van der Waals surface area contributed by atoms with Gasteiger partial charge in [0.25, 0.3) is 0 Å². The fourth-order valence-corrected chi connectivity index (χ4v) is 9.46. The summed E-state index contributed by atoms with van der Waals surface area (Å²) >= 11 is 0. The molecule has 25 heteroatoms. The summed E-state index contributed by atoms with van der Waals surface area (Å²) in [5.74, 6) is -9.79. The molecule has 7 atom stereocenters. The van der Waals surface area contributed by atoms with Crippen LogP contribution in [0.15, 0.2) is 95.0 Å². The van der Waals surface area contributed by atoms with Crippen LogP contribution in [0.1, 0.15) is 98.2 Å². The van der Waals surface area contributed by atoms with Crippen molar-refractivity contribution in [2.45, 2.75) is 121 Å². The fourth-order valence-electron chi connectivity index (χ4n) is 9.46. The van der Waals surface area contributed by atoms with Gasteiger partial charge in [0.2, 0.25) is 47.3 Å². The summed E-state index contributed by atoms with van der Waals surface area (Å²) in [6.07, 6.45) is 1.05. The number of ketones is 2. The number of guanidine groups is 2. The number of hydrogen-bond donors (Lipinski definition) is 13. The number of nitrogens with two attached hydrogens (primary N) is 6. The standard InChI is InChI=1S/C56H75N15O10/c1-32(72)67-42(17-10-24-65-56(61)62)52(79)71-45-30-48(75)63-22-8-7-16-41(50(58)77)68-51(78)37(27-38-31-66-40-15-6-5-14-39(38)40)29-46(73)36(13-9-23-64-55(59)60)28-47(74)43(25-33-11-3-2-4-12-33)69-53(80)44(70-54(45)81)26-34-18-20-35(21-19-34)49(57)76/h2-6,11-12,14-15,18-21,31,36-37,41-45,66H,7-10,13,16-17,22-30H2,1H3,(H2,57,76)(H2,58,77)(H,63,75)(H,67,72)(H,68,78)(H,69,80)(H,70,81)(H,71,79)(H4,59,60,64)(H4,61,62,65)/t36-,37-,41+,42+,43-,44+,45+/m1/s1. The first-order valence-electron chi connectivity index (χ1n) is 26.9. The number of fused-ring (bicyclic) bond motifs is 1. The second-order valence-electron chi connectivity index (χ2n) is 20.1. The number of aliphatic imine (C=N–C) groups is 2. The largest absolute Gasteiger partial charge is 0.370 e. The van der Waals surface area contributed by atoms with Crippen LogP contribution in [-0.2, 0) is 62.4 Å². The van der Waals surface area contributed by atoms with Crippen molar-refractivity contribution in [2.24, 2.45) is 56.2 Å². The number of para-hydroxylation sites is 1. The summed E-state index contributed by atoms with van der Waals surface area (Å²) in [4.78, 5) is 150. The highest BCUT2D eigenvalue weighted by Gasteiger charge is 2.36. The summed E-state index contributed by atoms with van der Waals surface area (Å²) in [6, 6.07) is 15.0. The van der Waals surface area contributed by atoms with Gasteiger partial charge in [-0.3, -0.25) is 57.9 Å². The van der Waals surface area contributed by atoms with E-state index in [1.165, 1.54) is 31.2 Å². The molecule has 5 rings (SSSR count). The van der Waals surface area contributed by atoms with Crippen molar-refractivity contribution in [1.29, 1.82) is 0 Å². The monoisotopic (exact) mass is 1120 g/mol. The average Bonchev–Trinajstić information content (AvgIpc) is 4.05. The summed E-state index contributed by atoms with van der Waals surface area (Å²) in [5, 5.41) is 16.9. The van der Waals surface area contributed by atoms with Gasteiger partial charge in [0, 0.05) is 80.3 Å². The van der Waals surface area contributed by atoms with Gasteiger partial charge in [0.05, 0.1) is 12.5 Å². The number of primary amides is 2. The third-order valence-corrected chi connectivity index (χ3v) is 13.7. The fraction of sp³-hybridized carbons (Fsp3) is 0.429. The summed E-state index contributed by atoms with van der Waals surface area (Å²) in [5.41, 5.74) is 36.2. The molecule has 8 amide bonds. The molecule has 1 aromatic heterocycles. The Morgan fingerprint density at radius 2 is 1.28 bits per heavy atom. The van der Waals surface area contributed by atoms with Gasteiger partial charge in [-0.05, 0) is 92.7 Å². The average molecular weight is 1120 g/mol. The van der Waals surface area contributed by atoms with Crippen molar-refractivity contribution in [2.75, 3.05) is 19.6 Å². The van der Waals surface area contributed by atoms with Crippen molar-refractivity contribution in [3.05, 3.63) is 107 Å². The number of Topliss-reactive ketones (excluding diaryl/α,β-unsaturated/α-hetero) is 2. The summed E-state index contributed by atoms with van der Waals surface area (Å²) in [7, 11) is 0. The summed E-state index contributed by atoms with van der Waals surface area (Å²) < 4.78 is 0. The van der Waals surface area contributed by atoms with Crippen molar-refractivity contribution >= 4 is 81.6 Å². The number of aromatic amines is 1. The van der Waals surface area contributed by atoms with Crippen LogP contribution in [0.25, 0.3) is 10.9 Å². The van der Waals surface area contributed by atoms with Gasteiger partial charge < -0.3 is 71.3 Å². The number of amides is 8. The smallest absolute Gasteiger partial charge is 0.248 e. The van der Waals surface area contributed by atoms with Crippen LogP contribution in [-0.4, -0.2) is 126 Å². The lowest BCUT2D eigenvalue weighted by molar-refractivity contribution is -0.136. The molecule has 1 aliphatic rings. The molecule has 0 radical (unpaired) electrons. The Morgan fingerprint density at radius 1 is 0.654 bits per heavy atom. The number of hydrogen-bond acceptors (Lipinski definition) is 12. The molecule has 1 aliphatic heterocycles. The minimum Gasteiger partial charge on any atom is -0.370 e. The number of H-pyrrole nitrogens is 1. The zero-order chi connectivity index (χ0) is 59.0. The Hall–Kier alpha value is -9.16. The topological polar surface area (TPSA) is 440 Å². The number of benzene rings is 3. The number of rotatable bonds is 19. The Labute approximate surface area is 468 Å². The first-order chi connectivity index (χ1) is 38.7. The molecule has 1 fully saturated rings. The predicted molar refractivity (Wildman–Crippen MR) is 303 cm³/mol. The second kappa shape index (κ2) is 31.4. The van der Waals surface area contributed by atoms with E-state index in [-0.39, 0.29) is 108 Å². The molecule has 0 aliphatic carbocycles. The SMILES string of the molecule is CC(=O)N[C@@H](CCCN=C(N)N)C(=O)N[C@H]1CC(=O)NCCCC[C@@H](C(N)=O)NC(=O)[C@H](Cc2c[nH]c3ccccc23)CC(=O)[C@H](CCCN=C(N)N)CC(=O)[C@@H](Cc2ccccc2)NC(=O)[C@H](Cc2ccc(C(N)=O)cc2)NC1=O. The van der Waals surface area contributed by atoms with Crippen LogP contribution in [0.5, 0.6) is 0 Å². The number of carbonyl (C=O) groups is 10. The van der Waals surface area contributed by atoms with Crippen molar-refractivity contribution in [1.82, 2.24) is 36.9 Å². The molecule has 19 N–H and O–H groups in total. The molecule has 0 bridgehead atoms. The van der Waals surface area contributed by atoms with Crippen LogP contribution in [0.3, 0.4) is 0 Å². The highest BCUT2D eigenvalue weighted by Crippen LogP contribution is 2.26. The third kappa shape index (κ3) is 20.9. The van der Waals surface area contributed by atoms with E-state index in [9.17, 15) is 47.9 Å². The Bertz CT molecular complexity index is 2920. The van der Waals surface area contributed by atoms with Gasteiger partial charge in [-0.15, -0.1) is 0 Å². The molecule has 0 unspecified atom stereocenters. The molecule has 434 valence electrons. The number of aromatic nitrogens is 1. The van der Waals surface area contributed by atoms with E-state index in [1.54, 1.807) is 36.5 Å². The lowest BCUT2D eigenvalue weighted by Gasteiger charge is -2.27. The maximum Gasteiger partial charge on any atom is 0.248 e. The zero-order valence-electron chi connectivity index (χ0n) is 45.4. The van der Waals surface area contributed by atoms with E-state index in [0.29, 0.717) is 16.7 Å². The quantitative estimate of drug-likeness (QED) is 0.0310. The minimum absolute atomic E-state index is 0.00524. The summed E-state index contributed by atoms with van der Waals surface area (Å²) in [6.45, 7) is 1.39. The van der Waals surface area contributed by atoms with Gasteiger partial charge in [0.15, 0.2) is 17.7 Å². The Kier molecular flexibility index (Phi) is 24.3. The van der Waals surface area contributed by atoms with Gasteiger partial charge in [-0.1, -0.05) is 60.7 Å². The first-order valence-corrected chi connectivity index (χ1v) is 26.9. The molecular formula is C56H75N15O10. The van der Waals surface area contributed by atoms with Gasteiger partial charge in [-0.25, -0.2) is 0 Å². The van der Waals surface area contributed by atoms with Crippen LogP contribution in [0.2, 0.25) is 0 Å². The molecular weight excluding hydrogens is 1040 g/mol.